The third-order valence-electron chi connectivity index (χ3n) is 7.93. The van der Waals surface area contributed by atoms with Crippen molar-refractivity contribution in [3.05, 3.63) is 79.9 Å². The molecular weight excluding hydrogens is 567 g/mol. The van der Waals surface area contributed by atoms with Gasteiger partial charge in [0, 0.05) is 0 Å². The van der Waals surface area contributed by atoms with Crippen LogP contribution in [-0.2, 0) is 48.7 Å². The SMILES string of the molecule is Cc1cc2c(C)c3c(c(C)c2[cH-]1)CCC3.Cc1cc2c(C)c3c(c(C)c2[cH-]1)CCC3.[Si]=[Hf+2]. The topological polar surface area (TPSA) is 0 Å². The molecule has 162 valence electrons. The van der Waals surface area contributed by atoms with Gasteiger partial charge in [0.05, 0.1) is 0 Å². The molecule has 0 unspecified atom stereocenters. The second-order valence-electron chi connectivity index (χ2n) is 9.84. The van der Waals surface area contributed by atoms with Gasteiger partial charge in [-0.2, -0.15) is 12.1 Å². The first kappa shape index (κ1) is 23.9. The molecule has 0 saturated heterocycles. The van der Waals surface area contributed by atoms with Crippen molar-refractivity contribution < 1.29 is 23.0 Å². The molecule has 0 nitrogen and oxygen atoms in total. The summed E-state index contributed by atoms with van der Waals surface area (Å²) in [5, 5.41) is 5.97. The van der Waals surface area contributed by atoms with Gasteiger partial charge in [-0.25, -0.2) is 0 Å². The zero-order valence-electron chi connectivity index (χ0n) is 20.6. The fourth-order valence-electron chi connectivity index (χ4n) is 6.34. The zero-order chi connectivity index (χ0) is 23.2. The maximum absolute atomic E-state index is 3.11. The number of hydrogen-bond acceptors (Lipinski definition) is 0. The number of benzene rings is 2. The van der Waals surface area contributed by atoms with Crippen LogP contribution in [0.3, 0.4) is 0 Å². The summed E-state index contributed by atoms with van der Waals surface area (Å²) in [5.74, 6) is 0. The summed E-state index contributed by atoms with van der Waals surface area (Å²) in [4.78, 5) is 0. The maximum atomic E-state index is 3.11. The second kappa shape index (κ2) is 9.55. The van der Waals surface area contributed by atoms with Crippen molar-refractivity contribution in [3.63, 3.8) is 0 Å². The summed E-state index contributed by atoms with van der Waals surface area (Å²) in [6.45, 7) is 16.7. The Hall–Kier alpha value is -1.25. The Bertz CT molecular complexity index is 1120. The molecule has 6 rings (SSSR count). The van der Waals surface area contributed by atoms with Gasteiger partial charge in [-0.3, -0.25) is 0 Å². The van der Waals surface area contributed by atoms with Gasteiger partial charge in [0.1, 0.15) is 0 Å². The molecule has 4 aromatic carbocycles. The summed E-state index contributed by atoms with van der Waals surface area (Å²) in [6.07, 6.45) is 7.87. The van der Waals surface area contributed by atoms with Crippen molar-refractivity contribution >= 4 is 28.5 Å². The number of hydrogen-bond donors (Lipinski definition) is 0. The Balaban J connectivity index is 0.000000142. The molecule has 2 heteroatoms. The van der Waals surface area contributed by atoms with Gasteiger partial charge in [-0.15, -0.1) is 55.9 Å². The average Bonchev–Trinajstić information content (AvgIpc) is 3.57. The zero-order valence-corrected chi connectivity index (χ0v) is 25.1. The summed E-state index contributed by atoms with van der Waals surface area (Å²) in [7, 11) is 0. The van der Waals surface area contributed by atoms with E-state index in [-0.39, 0.29) is 0 Å². The molecule has 2 radical (unpaired) electrons. The van der Waals surface area contributed by atoms with E-state index in [0.717, 1.165) is 23.0 Å². The van der Waals surface area contributed by atoms with Crippen molar-refractivity contribution in [1.82, 2.24) is 0 Å². The van der Waals surface area contributed by atoms with E-state index in [9.17, 15) is 0 Å². The molecule has 0 aliphatic heterocycles. The van der Waals surface area contributed by atoms with Crippen molar-refractivity contribution in [2.24, 2.45) is 0 Å². The molecule has 0 fully saturated rings. The Labute approximate surface area is 210 Å². The van der Waals surface area contributed by atoms with Gasteiger partial charge in [-0.05, 0) is 52.4 Å². The van der Waals surface area contributed by atoms with E-state index in [1.165, 1.54) is 93.5 Å². The van der Waals surface area contributed by atoms with Crippen molar-refractivity contribution in [2.45, 2.75) is 80.1 Å². The molecule has 2 aliphatic rings. The van der Waals surface area contributed by atoms with E-state index in [1.54, 1.807) is 22.3 Å². The first-order valence-electron chi connectivity index (χ1n) is 12.0. The summed E-state index contributed by atoms with van der Waals surface area (Å²) < 4.78 is 0. The van der Waals surface area contributed by atoms with E-state index in [2.05, 4.69) is 72.7 Å². The molecule has 0 N–H and O–H groups in total. The third-order valence-corrected chi connectivity index (χ3v) is 7.93. The third kappa shape index (κ3) is 3.96. The van der Waals surface area contributed by atoms with Crippen molar-refractivity contribution in [2.75, 3.05) is 0 Å². The molecule has 0 spiro atoms. The van der Waals surface area contributed by atoms with Crippen LogP contribution in [-0.4, -0.2) is 6.94 Å². The molecule has 0 aromatic heterocycles. The molecule has 0 saturated carbocycles. The fourth-order valence-corrected chi connectivity index (χ4v) is 6.34. The van der Waals surface area contributed by atoms with Crippen LogP contribution >= 0.6 is 0 Å². The van der Waals surface area contributed by atoms with E-state index < -0.39 is 0 Å². The number of aryl methyl sites for hydroxylation is 6. The second-order valence-corrected chi connectivity index (χ2v) is 9.84. The van der Waals surface area contributed by atoms with Crippen molar-refractivity contribution in [1.29, 1.82) is 0 Å². The van der Waals surface area contributed by atoms with Crippen LogP contribution < -0.4 is 0 Å². The molecule has 32 heavy (non-hydrogen) atoms. The average molecular weight is 601 g/mol. The van der Waals surface area contributed by atoms with Crippen LogP contribution in [0.1, 0.15) is 68.5 Å². The summed E-state index contributed by atoms with van der Waals surface area (Å²) in [6, 6.07) is 9.37. The molecule has 4 aromatic rings. The van der Waals surface area contributed by atoms with E-state index in [4.69, 9.17) is 0 Å². The molecular formula is C30H34HfSi. The van der Waals surface area contributed by atoms with Crippen LogP contribution in [0, 0.1) is 41.5 Å². The first-order valence-corrected chi connectivity index (χ1v) is 17.9. The Kier molecular flexibility index (Phi) is 7.13. The Morgan fingerprint density at radius 3 is 1.22 bits per heavy atom. The van der Waals surface area contributed by atoms with Gasteiger partial charge in [-0.1, -0.05) is 61.1 Å². The molecule has 0 amide bonds. The Morgan fingerprint density at radius 1 is 0.562 bits per heavy atom. The van der Waals surface area contributed by atoms with Gasteiger partial charge in [0.15, 0.2) is 0 Å². The summed E-state index contributed by atoms with van der Waals surface area (Å²) >= 11 is 1.11. The van der Waals surface area contributed by atoms with Gasteiger partial charge < -0.3 is 0 Å². The standard InChI is InChI=1S/2C15H17.Hf.Si/c2*1-9-7-14-10(2)12-5-4-6-13(12)11(3)15(14)8-9;;/h2*7-8H,4-6H2,1-3H3;;/q2*-1;+2;. The van der Waals surface area contributed by atoms with Gasteiger partial charge >= 0.3 is 29.9 Å². The van der Waals surface area contributed by atoms with Crippen molar-refractivity contribution in [3.8, 4) is 0 Å². The van der Waals surface area contributed by atoms with Crippen LogP contribution in [0.2, 0.25) is 0 Å². The van der Waals surface area contributed by atoms with Gasteiger partial charge in [0.2, 0.25) is 0 Å². The minimum atomic E-state index is 1.11. The van der Waals surface area contributed by atoms with Gasteiger partial charge in [0.25, 0.3) is 0 Å². The summed E-state index contributed by atoms with van der Waals surface area (Å²) in [5.41, 5.74) is 15.5. The molecule has 2 aliphatic carbocycles. The minimum absolute atomic E-state index is 1.11. The van der Waals surface area contributed by atoms with Crippen LogP contribution in [0.5, 0.6) is 0 Å². The van der Waals surface area contributed by atoms with E-state index in [1.807, 2.05) is 0 Å². The predicted octanol–water partition coefficient (Wildman–Crippen LogP) is 7.56. The van der Waals surface area contributed by atoms with E-state index >= 15 is 0 Å². The van der Waals surface area contributed by atoms with Crippen LogP contribution in [0.4, 0.5) is 0 Å². The number of fused-ring (bicyclic) bond motifs is 4. The van der Waals surface area contributed by atoms with E-state index in [0.29, 0.717) is 0 Å². The number of rotatable bonds is 0. The predicted molar refractivity (Wildman–Crippen MR) is 137 cm³/mol. The van der Waals surface area contributed by atoms with Crippen LogP contribution in [0.15, 0.2) is 24.3 Å². The molecule has 0 heterocycles. The quantitative estimate of drug-likeness (QED) is 0.144. The Morgan fingerprint density at radius 2 is 0.875 bits per heavy atom. The monoisotopic (exact) mass is 602 g/mol. The molecule has 0 atom stereocenters. The fraction of sp³-hybridized carbons (Fsp3) is 0.400. The normalized spacial score (nSPS) is 14.1. The first-order chi connectivity index (χ1) is 15.4. The molecule has 0 bridgehead atoms. The van der Waals surface area contributed by atoms with Crippen LogP contribution in [0.25, 0.3) is 21.5 Å².